The van der Waals surface area contributed by atoms with Crippen LogP contribution in [0.15, 0.2) is 18.3 Å². The molecule has 0 aliphatic carbocycles. The second-order valence-corrected chi connectivity index (χ2v) is 3.89. The van der Waals surface area contributed by atoms with Crippen molar-refractivity contribution in [2.75, 3.05) is 18.1 Å². The summed E-state index contributed by atoms with van der Waals surface area (Å²) in [5.74, 6) is -0.344. The quantitative estimate of drug-likeness (QED) is 0.621. The molecule has 0 saturated carbocycles. The number of hydrogen-bond donors (Lipinski definition) is 3. The van der Waals surface area contributed by atoms with Gasteiger partial charge in [-0.3, -0.25) is 9.59 Å². The van der Waals surface area contributed by atoms with Gasteiger partial charge >= 0.3 is 5.97 Å². The third-order valence-electron chi connectivity index (χ3n) is 1.60. The van der Waals surface area contributed by atoms with Gasteiger partial charge in [0, 0.05) is 18.5 Å². The van der Waals surface area contributed by atoms with E-state index in [9.17, 15) is 9.59 Å². The average molecular weight is 228 g/mol. The molecule has 5 nitrogen and oxygen atoms in total. The van der Waals surface area contributed by atoms with Crippen LogP contribution < -0.4 is 5.32 Å². The highest BCUT2D eigenvalue weighted by atomic mass is 32.2. The SMILES string of the molecule is O=C(O)CSCCNC(=O)c1ccc[nH]1. The second-order valence-electron chi connectivity index (χ2n) is 2.79. The second kappa shape index (κ2) is 6.13. The molecule has 15 heavy (non-hydrogen) atoms. The lowest BCUT2D eigenvalue weighted by Gasteiger charge is -2.02. The number of aliphatic carboxylic acids is 1. The number of hydrogen-bond acceptors (Lipinski definition) is 3. The third kappa shape index (κ3) is 4.55. The fourth-order valence-corrected chi connectivity index (χ4v) is 1.53. The fraction of sp³-hybridized carbons (Fsp3) is 0.333. The summed E-state index contributed by atoms with van der Waals surface area (Å²) in [5.41, 5.74) is 0.512. The number of carboxylic acids is 1. The monoisotopic (exact) mass is 228 g/mol. The topological polar surface area (TPSA) is 82.2 Å². The number of thioether (sulfide) groups is 1. The normalized spacial score (nSPS) is 9.87. The molecular formula is C9H12N2O3S. The molecule has 1 heterocycles. The number of carbonyl (C=O) groups is 2. The fourth-order valence-electron chi connectivity index (χ4n) is 0.963. The van der Waals surface area contributed by atoms with Crippen LogP contribution in [0, 0.1) is 0 Å². The molecule has 0 aromatic carbocycles. The zero-order valence-electron chi connectivity index (χ0n) is 8.03. The molecule has 0 spiro atoms. The van der Waals surface area contributed by atoms with E-state index >= 15 is 0 Å². The van der Waals surface area contributed by atoms with E-state index in [1.54, 1.807) is 18.3 Å². The molecule has 0 fully saturated rings. The molecule has 0 atom stereocenters. The van der Waals surface area contributed by atoms with E-state index in [4.69, 9.17) is 5.11 Å². The number of rotatable bonds is 6. The molecule has 0 unspecified atom stereocenters. The van der Waals surface area contributed by atoms with Gasteiger partial charge in [0.25, 0.3) is 5.91 Å². The molecule has 1 aromatic rings. The van der Waals surface area contributed by atoms with Gasteiger partial charge in [-0.2, -0.15) is 0 Å². The Kier molecular flexibility index (Phi) is 4.76. The van der Waals surface area contributed by atoms with Crippen LogP contribution in [0.5, 0.6) is 0 Å². The standard InChI is InChI=1S/C9H12N2O3S/c12-8(13)6-15-5-4-11-9(14)7-2-1-3-10-7/h1-3,10H,4-6H2,(H,11,14)(H,12,13). The minimum absolute atomic E-state index is 0.0678. The minimum atomic E-state index is -0.837. The van der Waals surface area contributed by atoms with Gasteiger partial charge < -0.3 is 15.4 Å². The van der Waals surface area contributed by atoms with Crippen molar-refractivity contribution in [3.63, 3.8) is 0 Å². The largest absolute Gasteiger partial charge is 0.481 e. The molecule has 0 aliphatic heterocycles. The molecule has 0 aliphatic rings. The molecule has 1 amide bonds. The summed E-state index contributed by atoms with van der Waals surface area (Å²) >= 11 is 1.28. The molecule has 0 bridgehead atoms. The summed E-state index contributed by atoms with van der Waals surface area (Å²) in [6.07, 6.45) is 1.67. The Morgan fingerprint density at radius 3 is 2.93 bits per heavy atom. The summed E-state index contributed by atoms with van der Waals surface area (Å²) < 4.78 is 0. The Morgan fingerprint density at radius 1 is 1.53 bits per heavy atom. The minimum Gasteiger partial charge on any atom is -0.481 e. The zero-order valence-corrected chi connectivity index (χ0v) is 8.84. The van der Waals surface area contributed by atoms with Crippen LogP contribution in [0.1, 0.15) is 10.5 Å². The number of aromatic amines is 1. The van der Waals surface area contributed by atoms with Gasteiger partial charge in [0.2, 0.25) is 0 Å². The Balaban J connectivity index is 2.10. The smallest absolute Gasteiger partial charge is 0.313 e. The lowest BCUT2D eigenvalue weighted by molar-refractivity contribution is -0.133. The lowest BCUT2D eigenvalue weighted by Crippen LogP contribution is -2.26. The first-order valence-electron chi connectivity index (χ1n) is 4.41. The number of carboxylic acid groups (broad SMARTS) is 1. The van der Waals surface area contributed by atoms with E-state index in [2.05, 4.69) is 10.3 Å². The number of amides is 1. The predicted molar refractivity (Wildman–Crippen MR) is 58.1 cm³/mol. The first kappa shape index (κ1) is 11.6. The zero-order chi connectivity index (χ0) is 11.1. The number of H-pyrrole nitrogens is 1. The lowest BCUT2D eigenvalue weighted by atomic mass is 10.4. The van der Waals surface area contributed by atoms with Crippen LogP contribution in [0.25, 0.3) is 0 Å². The number of nitrogens with one attached hydrogen (secondary N) is 2. The highest BCUT2D eigenvalue weighted by molar-refractivity contribution is 7.99. The molecule has 3 N–H and O–H groups in total. The molecular weight excluding hydrogens is 216 g/mol. The van der Waals surface area contributed by atoms with E-state index in [0.29, 0.717) is 18.0 Å². The molecule has 1 rings (SSSR count). The van der Waals surface area contributed by atoms with E-state index in [1.165, 1.54) is 11.8 Å². The van der Waals surface area contributed by atoms with Crippen LogP contribution in [-0.2, 0) is 4.79 Å². The van der Waals surface area contributed by atoms with Crippen molar-refractivity contribution >= 4 is 23.6 Å². The Hall–Kier alpha value is -1.43. The van der Waals surface area contributed by atoms with Gasteiger partial charge in [0.15, 0.2) is 0 Å². The predicted octanol–water partition coefficient (Wildman–Crippen LogP) is 0.562. The van der Waals surface area contributed by atoms with Crippen molar-refractivity contribution in [2.45, 2.75) is 0 Å². The van der Waals surface area contributed by atoms with Crippen LogP contribution in [0.2, 0.25) is 0 Å². The number of aromatic nitrogens is 1. The van der Waals surface area contributed by atoms with Crippen molar-refractivity contribution < 1.29 is 14.7 Å². The maximum Gasteiger partial charge on any atom is 0.313 e. The summed E-state index contributed by atoms with van der Waals surface area (Å²) in [6, 6.07) is 3.42. The van der Waals surface area contributed by atoms with E-state index < -0.39 is 5.97 Å². The van der Waals surface area contributed by atoms with E-state index in [0.717, 1.165) is 0 Å². The Bertz CT molecular complexity index is 324. The molecule has 0 radical (unpaired) electrons. The van der Waals surface area contributed by atoms with Crippen LogP contribution in [0.3, 0.4) is 0 Å². The highest BCUT2D eigenvalue weighted by Crippen LogP contribution is 1.98. The third-order valence-corrected chi connectivity index (χ3v) is 2.54. The highest BCUT2D eigenvalue weighted by Gasteiger charge is 2.04. The van der Waals surface area contributed by atoms with Crippen LogP contribution in [0.4, 0.5) is 0 Å². The Morgan fingerprint density at radius 2 is 2.33 bits per heavy atom. The summed E-state index contributed by atoms with van der Waals surface area (Å²) in [7, 11) is 0. The number of carbonyl (C=O) groups excluding carboxylic acids is 1. The summed E-state index contributed by atoms with van der Waals surface area (Å²) in [6.45, 7) is 0.468. The van der Waals surface area contributed by atoms with Crippen molar-refractivity contribution in [3.05, 3.63) is 24.0 Å². The average Bonchev–Trinajstić information content (AvgIpc) is 2.69. The summed E-state index contributed by atoms with van der Waals surface area (Å²) in [5, 5.41) is 11.0. The van der Waals surface area contributed by atoms with Gasteiger partial charge in [-0.05, 0) is 12.1 Å². The van der Waals surface area contributed by atoms with Crippen molar-refractivity contribution in [1.82, 2.24) is 10.3 Å². The van der Waals surface area contributed by atoms with E-state index in [-0.39, 0.29) is 11.7 Å². The first-order valence-corrected chi connectivity index (χ1v) is 5.57. The van der Waals surface area contributed by atoms with Crippen molar-refractivity contribution in [3.8, 4) is 0 Å². The molecule has 1 aromatic heterocycles. The van der Waals surface area contributed by atoms with Crippen LogP contribution in [-0.4, -0.2) is 40.0 Å². The van der Waals surface area contributed by atoms with Gasteiger partial charge in [-0.25, -0.2) is 0 Å². The summed E-state index contributed by atoms with van der Waals surface area (Å²) in [4.78, 5) is 24.3. The maximum atomic E-state index is 11.3. The molecule has 6 heteroatoms. The molecule has 0 saturated heterocycles. The van der Waals surface area contributed by atoms with Gasteiger partial charge in [0.1, 0.15) is 5.69 Å². The van der Waals surface area contributed by atoms with Crippen LogP contribution >= 0.6 is 11.8 Å². The van der Waals surface area contributed by atoms with Crippen molar-refractivity contribution in [1.29, 1.82) is 0 Å². The Labute approximate surface area is 91.3 Å². The molecule has 82 valence electrons. The van der Waals surface area contributed by atoms with Gasteiger partial charge in [-0.1, -0.05) is 0 Å². The van der Waals surface area contributed by atoms with E-state index in [1.807, 2.05) is 0 Å². The van der Waals surface area contributed by atoms with Gasteiger partial charge in [-0.15, -0.1) is 11.8 Å². The van der Waals surface area contributed by atoms with Crippen molar-refractivity contribution in [2.24, 2.45) is 0 Å². The maximum absolute atomic E-state index is 11.3. The van der Waals surface area contributed by atoms with Gasteiger partial charge in [0.05, 0.1) is 5.75 Å². The first-order chi connectivity index (χ1) is 7.20.